The minimum absolute atomic E-state index is 0.180. The fourth-order valence-electron chi connectivity index (χ4n) is 1.59. The van der Waals surface area contributed by atoms with Crippen molar-refractivity contribution in [1.29, 1.82) is 0 Å². The lowest BCUT2D eigenvalue weighted by molar-refractivity contribution is 0.0242. The Morgan fingerprint density at radius 1 is 1.67 bits per heavy atom. The molecule has 0 aromatic carbocycles. The summed E-state index contributed by atoms with van der Waals surface area (Å²) in [6.07, 6.45) is 0.466. The molecule has 0 bridgehead atoms. The first kappa shape index (κ1) is 14.7. The highest BCUT2D eigenvalue weighted by atomic mass is 16.5. The number of hydrogen-bond acceptors (Lipinski definition) is 4. The Morgan fingerprint density at radius 3 is 2.83 bits per heavy atom. The molecule has 1 atom stereocenters. The Bertz CT molecular complexity index is 413. The van der Waals surface area contributed by atoms with Crippen LogP contribution in [0.15, 0.2) is 6.07 Å². The zero-order chi connectivity index (χ0) is 13.8. The SMILES string of the molecule is COCCC(C)(O)CNC(=O)c1cc(C)nn1C. The average molecular weight is 255 g/mol. The van der Waals surface area contributed by atoms with Crippen molar-refractivity contribution in [2.75, 3.05) is 20.3 Å². The van der Waals surface area contributed by atoms with Gasteiger partial charge in [0, 0.05) is 33.7 Å². The molecule has 102 valence electrons. The topological polar surface area (TPSA) is 76.4 Å². The van der Waals surface area contributed by atoms with Crippen molar-refractivity contribution < 1.29 is 14.6 Å². The summed E-state index contributed by atoms with van der Waals surface area (Å²) in [5, 5.41) is 16.8. The van der Waals surface area contributed by atoms with Gasteiger partial charge in [0.25, 0.3) is 5.91 Å². The maximum Gasteiger partial charge on any atom is 0.269 e. The molecule has 1 aromatic heterocycles. The first-order valence-electron chi connectivity index (χ1n) is 5.86. The van der Waals surface area contributed by atoms with E-state index in [-0.39, 0.29) is 12.5 Å². The summed E-state index contributed by atoms with van der Waals surface area (Å²) in [7, 11) is 3.29. The van der Waals surface area contributed by atoms with E-state index in [1.165, 1.54) is 4.68 Å². The third kappa shape index (κ3) is 4.12. The van der Waals surface area contributed by atoms with E-state index in [9.17, 15) is 9.90 Å². The Morgan fingerprint density at radius 2 is 2.33 bits per heavy atom. The highest BCUT2D eigenvalue weighted by molar-refractivity contribution is 5.92. The van der Waals surface area contributed by atoms with Crippen LogP contribution in [0.25, 0.3) is 0 Å². The summed E-state index contributed by atoms with van der Waals surface area (Å²) >= 11 is 0. The summed E-state index contributed by atoms with van der Waals surface area (Å²) in [6, 6.07) is 1.71. The Labute approximate surface area is 107 Å². The van der Waals surface area contributed by atoms with Gasteiger partial charge in [0.05, 0.1) is 11.3 Å². The Balaban J connectivity index is 2.53. The zero-order valence-corrected chi connectivity index (χ0v) is 11.4. The van der Waals surface area contributed by atoms with E-state index in [0.29, 0.717) is 18.7 Å². The molecule has 1 amide bonds. The van der Waals surface area contributed by atoms with E-state index in [0.717, 1.165) is 5.69 Å². The molecular formula is C12H21N3O3. The maximum absolute atomic E-state index is 11.9. The minimum atomic E-state index is -0.973. The molecule has 18 heavy (non-hydrogen) atoms. The molecule has 1 aromatic rings. The van der Waals surface area contributed by atoms with Crippen molar-refractivity contribution in [3.05, 3.63) is 17.5 Å². The molecule has 0 aliphatic carbocycles. The van der Waals surface area contributed by atoms with Gasteiger partial charge in [-0.1, -0.05) is 0 Å². The smallest absolute Gasteiger partial charge is 0.269 e. The highest BCUT2D eigenvalue weighted by Crippen LogP contribution is 2.08. The number of ether oxygens (including phenoxy) is 1. The molecule has 1 unspecified atom stereocenters. The van der Waals surface area contributed by atoms with Crippen LogP contribution in [-0.2, 0) is 11.8 Å². The van der Waals surface area contributed by atoms with Crippen LogP contribution in [0.3, 0.4) is 0 Å². The lowest BCUT2D eigenvalue weighted by Gasteiger charge is -2.23. The standard InChI is InChI=1S/C12H21N3O3/c1-9-7-10(15(3)14-9)11(16)13-8-12(2,17)5-6-18-4/h7,17H,5-6,8H2,1-4H3,(H,13,16). The van der Waals surface area contributed by atoms with Crippen LogP contribution in [0.2, 0.25) is 0 Å². The quantitative estimate of drug-likeness (QED) is 0.763. The minimum Gasteiger partial charge on any atom is -0.388 e. The van der Waals surface area contributed by atoms with Crippen molar-refractivity contribution in [2.24, 2.45) is 7.05 Å². The second kappa shape index (κ2) is 5.97. The predicted molar refractivity (Wildman–Crippen MR) is 67.4 cm³/mol. The van der Waals surface area contributed by atoms with E-state index in [1.807, 2.05) is 6.92 Å². The average Bonchev–Trinajstić information content (AvgIpc) is 2.63. The third-order valence-electron chi connectivity index (χ3n) is 2.71. The van der Waals surface area contributed by atoms with Crippen molar-refractivity contribution in [2.45, 2.75) is 25.9 Å². The number of aromatic nitrogens is 2. The van der Waals surface area contributed by atoms with Crippen LogP contribution >= 0.6 is 0 Å². The largest absolute Gasteiger partial charge is 0.388 e. The molecule has 0 aliphatic heterocycles. The van der Waals surface area contributed by atoms with E-state index < -0.39 is 5.60 Å². The van der Waals surface area contributed by atoms with Crippen LogP contribution in [0.1, 0.15) is 29.5 Å². The van der Waals surface area contributed by atoms with Crippen molar-refractivity contribution >= 4 is 5.91 Å². The number of methoxy groups -OCH3 is 1. The van der Waals surface area contributed by atoms with Gasteiger partial charge in [0.2, 0.25) is 0 Å². The fraction of sp³-hybridized carbons (Fsp3) is 0.667. The number of nitrogens with zero attached hydrogens (tertiary/aromatic N) is 2. The van der Waals surface area contributed by atoms with Gasteiger partial charge < -0.3 is 15.2 Å². The normalized spacial score (nSPS) is 14.3. The lowest BCUT2D eigenvalue weighted by atomic mass is 10.0. The van der Waals surface area contributed by atoms with Gasteiger partial charge in [-0.05, 0) is 19.9 Å². The van der Waals surface area contributed by atoms with Gasteiger partial charge in [-0.15, -0.1) is 0 Å². The van der Waals surface area contributed by atoms with Crippen LogP contribution in [0.4, 0.5) is 0 Å². The number of nitrogens with one attached hydrogen (secondary N) is 1. The molecular weight excluding hydrogens is 234 g/mol. The number of carbonyl (C=O) groups is 1. The lowest BCUT2D eigenvalue weighted by Crippen LogP contribution is -2.41. The van der Waals surface area contributed by atoms with Crippen molar-refractivity contribution in [3.63, 3.8) is 0 Å². The molecule has 0 radical (unpaired) electrons. The summed E-state index contributed by atoms with van der Waals surface area (Å²) < 4.78 is 6.43. The van der Waals surface area contributed by atoms with Crippen LogP contribution in [0.5, 0.6) is 0 Å². The number of aliphatic hydroxyl groups is 1. The first-order valence-corrected chi connectivity index (χ1v) is 5.86. The van der Waals surface area contributed by atoms with Gasteiger partial charge in [0.1, 0.15) is 5.69 Å². The summed E-state index contributed by atoms with van der Waals surface area (Å²) in [4.78, 5) is 11.9. The summed E-state index contributed by atoms with van der Waals surface area (Å²) in [6.45, 7) is 4.12. The second-order valence-corrected chi connectivity index (χ2v) is 4.72. The third-order valence-corrected chi connectivity index (χ3v) is 2.71. The second-order valence-electron chi connectivity index (χ2n) is 4.72. The molecule has 1 rings (SSSR count). The number of hydrogen-bond donors (Lipinski definition) is 2. The molecule has 2 N–H and O–H groups in total. The summed E-state index contributed by atoms with van der Waals surface area (Å²) in [5.41, 5.74) is 0.295. The molecule has 6 heteroatoms. The molecule has 1 heterocycles. The van der Waals surface area contributed by atoms with Crippen LogP contribution in [-0.4, -0.2) is 46.7 Å². The van der Waals surface area contributed by atoms with Gasteiger partial charge in [0.15, 0.2) is 0 Å². The fourth-order valence-corrected chi connectivity index (χ4v) is 1.59. The monoisotopic (exact) mass is 255 g/mol. The molecule has 0 aliphatic rings. The first-order chi connectivity index (χ1) is 8.35. The maximum atomic E-state index is 11.9. The number of aryl methyl sites for hydroxylation is 2. The van der Waals surface area contributed by atoms with Crippen molar-refractivity contribution in [1.82, 2.24) is 15.1 Å². The van der Waals surface area contributed by atoms with Gasteiger partial charge in [-0.2, -0.15) is 5.10 Å². The van der Waals surface area contributed by atoms with E-state index in [4.69, 9.17) is 4.74 Å². The van der Waals surface area contributed by atoms with Gasteiger partial charge >= 0.3 is 0 Å². The number of rotatable bonds is 6. The molecule has 0 saturated carbocycles. The number of carbonyl (C=O) groups excluding carboxylic acids is 1. The molecule has 0 saturated heterocycles. The Kier molecular flexibility index (Phi) is 4.86. The zero-order valence-electron chi connectivity index (χ0n) is 11.4. The van der Waals surface area contributed by atoms with E-state index in [2.05, 4.69) is 10.4 Å². The number of amides is 1. The predicted octanol–water partition coefficient (Wildman–Crippen LogP) is 0.246. The van der Waals surface area contributed by atoms with Crippen LogP contribution in [0, 0.1) is 6.92 Å². The van der Waals surface area contributed by atoms with E-state index >= 15 is 0 Å². The Hall–Kier alpha value is -1.40. The molecule has 6 nitrogen and oxygen atoms in total. The highest BCUT2D eigenvalue weighted by Gasteiger charge is 2.22. The molecule has 0 fully saturated rings. The van der Waals surface area contributed by atoms with Crippen molar-refractivity contribution in [3.8, 4) is 0 Å². The van der Waals surface area contributed by atoms with Gasteiger partial charge in [-0.3, -0.25) is 9.48 Å². The van der Waals surface area contributed by atoms with Gasteiger partial charge in [-0.25, -0.2) is 0 Å². The molecule has 0 spiro atoms. The summed E-state index contributed by atoms with van der Waals surface area (Å²) in [5.74, 6) is -0.240. The van der Waals surface area contributed by atoms with Crippen LogP contribution < -0.4 is 5.32 Å². The van der Waals surface area contributed by atoms with E-state index in [1.54, 1.807) is 27.1 Å².